The zero-order chi connectivity index (χ0) is 7.68. The summed E-state index contributed by atoms with van der Waals surface area (Å²) in [7, 11) is 0. The summed E-state index contributed by atoms with van der Waals surface area (Å²) in [5, 5.41) is 4.02. The van der Waals surface area contributed by atoms with Crippen LogP contribution in [0.15, 0.2) is 25.3 Å². The summed E-state index contributed by atoms with van der Waals surface area (Å²) in [6.45, 7) is 4.36. The SMILES string of the molecule is C=CN1C=Cc2ncnn2C1. The lowest BCUT2D eigenvalue weighted by molar-refractivity contribution is 0.366. The van der Waals surface area contributed by atoms with Gasteiger partial charge in [-0.25, -0.2) is 9.67 Å². The van der Waals surface area contributed by atoms with Gasteiger partial charge in [0.15, 0.2) is 5.82 Å². The summed E-state index contributed by atoms with van der Waals surface area (Å²) >= 11 is 0. The van der Waals surface area contributed by atoms with Gasteiger partial charge in [0, 0.05) is 6.20 Å². The summed E-state index contributed by atoms with van der Waals surface area (Å²) < 4.78 is 1.81. The van der Waals surface area contributed by atoms with E-state index in [4.69, 9.17) is 0 Å². The molecule has 2 rings (SSSR count). The minimum Gasteiger partial charge on any atom is -0.335 e. The minimum atomic E-state index is 0.704. The van der Waals surface area contributed by atoms with Crippen molar-refractivity contribution in [3.63, 3.8) is 0 Å². The Kier molecular flexibility index (Phi) is 1.25. The van der Waals surface area contributed by atoms with Crippen LogP contribution in [0.3, 0.4) is 0 Å². The highest BCUT2D eigenvalue weighted by Gasteiger charge is 2.07. The van der Waals surface area contributed by atoms with Crippen LogP contribution in [0.5, 0.6) is 0 Å². The molecule has 0 unspecified atom stereocenters. The quantitative estimate of drug-likeness (QED) is 0.586. The van der Waals surface area contributed by atoms with Crippen LogP contribution >= 0.6 is 0 Å². The molecule has 0 saturated heterocycles. The molecule has 0 saturated carbocycles. The number of nitrogens with zero attached hydrogens (tertiary/aromatic N) is 4. The molecule has 0 amide bonds. The fraction of sp³-hybridized carbons (Fsp3) is 0.143. The standard InChI is InChI=1S/C7H8N4/c1-2-10-4-3-7-8-5-9-11(7)6-10/h2-5H,1,6H2. The van der Waals surface area contributed by atoms with Gasteiger partial charge in [0.25, 0.3) is 0 Å². The van der Waals surface area contributed by atoms with Crippen LogP contribution in [0.25, 0.3) is 6.08 Å². The molecule has 4 heteroatoms. The first kappa shape index (κ1) is 6.15. The first-order valence-corrected chi connectivity index (χ1v) is 3.34. The molecule has 0 aliphatic carbocycles. The number of fused-ring (bicyclic) bond motifs is 1. The van der Waals surface area contributed by atoms with Gasteiger partial charge in [-0.05, 0) is 12.3 Å². The predicted molar refractivity (Wildman–Crippen MR) is 41.1 cm³/mol. The third kappa shape index (κ3) is 0.920. The van der Waals surface area contributed by atoms with Gasteiger partial charge in [-0.1, -0.05) is 6.58 Å². The van der Waals surface area contributed by atoms with Gasteiger partial charge in [0.2, 0.25) is 0 Å². The Morgan fingerprint density at radius 1 is 1.64 bits per heavy atom. The molecule has 1 aromatic heterocycles. The largest absolute Gasteiger partial charge is 0.335 e. The Morgan fingerprint density at radius 3 is 3.36 bits per heavy atom. The van der Waals surface area contributed by atoms with E-state index in [-0.39, 0.29) is 0 Å². The van der Waals surface area contributed by atoms with Crippen LogP contribution in [0.4, 0.5) is 0 Å². The van der Waals surface area contributed by atoms with Crippen molar-refractivity contribution in [1.29, 1.82) is 0 Å². The van der Waals surface area contributed by atoms with Crippen molar-refractivity contribution in [2.75, 3.05) is 0 Å². The maximum absolute atomic E-state index is 4.03. The van der Waals surface area contributed by atoms with Crippen molar-refractivity contribution in [2.24, 2.45) is 0 Å². The van der Waals surface area contributed by atoms with Gasteiger partial charge in [-0.3, -0.25) is 0 Å². The van der Waals surface area contributed by atoms with Crippen LogP contribution < -0.4 is 0 Å². The Labute approximate surface area is 64.5 Å². The molecule has 2 heterocycles. The molecule has 4 nitrogen and oxygen atoms in total. The van der Waals surface area contributed by atoms with Crippen molar-refractivity contribution in [3.8, 4) is 0 Å². The molecule has 0 spiro atoms. The highest BCUT2D eigenvalue weighted by Crippen LogP contribution is 2.07. The van der Waals surface area contributed by atoms with Crippen molar-refractivity contribution in [2.45, 2.75) is 6.67 Å². The van der Waals surface area contributed by atoms with Crippen LogP contribution in [-0.4, -0.2) is 19.7 Å². The van der Waals surface area contributed by atoms with E-state index >= 15 is 0 Å². The zero-order valence-electron chi connectivity index (χ0n) is 6.01. The van der Waals surface area contributed by atoms with Crippen molar-refractivity contribution in [3.05, 3.63) is 31.1 Å². The summed E-state index contributed by atoms with van der Waals surface area (Å²) in [6, 6.07) is 0. The first-order valence-electron chi connectivity index (χ1n) is 3.34. The molecular formula is C7H8N4. The van der Waals surface area contributed by atoms with E-state index in [0.29, 0.717) is 6.67 Å². The van der Waals surface area contributed by atoms with E-state index in [1.807, 2.05) is 21.9 Å². The third-order valence-corrected chi connectivity index (χ3v) is 1.59. The molecule has 0 radical (unpaired) electrons. The fourth-order valence-corrected chi connectivity index (χ4v) is 0.994. The summed E-state index contributed by atoms with van der Waals surface area (Å²) in [6.07, 6.45) is 7.13. The maximum atomic E-state index is 4.03. The second-order valence-electron chi connectivity index (χ2n) is 2.27. The molecule has 0 fully saturated rings. The molecule has 1 aliphatic rings. The smallest absolute Gasteiger partial charge is 0.154 e. The zero-order valence-corrected chi connectivity index (χ0v) is 6.01. The first-order chi connectivity index (χ1) is 5.40. The maximum Gasteiger partial charge on any atom is 0.154 e. The molecular weight excluding hydrogens is 140 g/mol. The molecule has 0 N–H and O–H groups in total. The molecule has 56 valence electrons. The van der Waals surface area contributed by atoms with Crippen LogP contribution in [0.2, 0.25) is 0 Å². The summed E-state index contributed by atoms with van der Waals surface area (Å²) in [4.78, 5) is 5.96. The molecule has 0 bridgehead atoms. The Bertz CT molecular complexity index is 299. The van der Waals surface area contributed by atoms with Crippen LogP contribution in [0, 0.1) is 0 Å². The molecule has 0 atom stereocenters. The van der Waals surface area contributed by atoms with Gasteiger partial charge in [0.1, 0.15) is 13.0 Å². The van der Waals surface area contributed by atoms with Crippen molar-refractivity contribution < 1.29 is 0 Å². The minimum absolute atomic E-state index is 0.704. The highest BCUT2D eigenvalue weighted by atomic mass is 15.4. The van der Waals surface area contributed by atoms with Gasteiger partial charge in [-0.2, -0.15) is 5.10 Å². The summed E-state index contributed by atoms with van der Waals surface area (Å²) in [5.74, 6) is 0.892. The normalized spacial score (nSPS) is 14.7. The molecule has 1 aromatic rings. The average molecular weight is 148 g/mol. The van der Waals surface area contributed by atoms with E-state index in [1.54, 1.807) is 12.5 Å². The number of rotatable bonds is 1. The monoisotopic (exact) mass is 148 g/mol. The third-order valence-electron chi connectivity index (χ3n) is 1.59. The topological polar surface area (TPSA) is 34.0 Å². The lowest BCUT2D eigenvalue weighted by atomic mass is 10.5. The van der Waals surface area contributed by atoms with Gasteiger partial charge in [0.05, 0.1) is 0 Å². The number of hydrogen-bond donors (Lipinski definition) is 0. The van der Waals surface area contributed by atoms with Crippen LogP contribution in [-0.2, 0) is 6.67 Å². The lowest BCUT2D eigenvalue weighted by Crippen LogP contribution is -2.20. The number of aromatic nitrogens is 3. The van der Waals surface area contributed by atoms with Crippen molar-refractivity contribution >= 4 is 6.08 Å². The fourth-order valence-electron chi connectivity index (χ4n) is 0.994. The average Bonchev–Trinajstić information content (AvgIpc) is 2.50. The molecule has 1 aliphatic heterocycles. The Hall–Kier alpha value is -1.58. The molecule has 11 heavy (non-hydrogen) atoms. The lowest BCUT2D eigenvalue weighted by Gasteiger charge is -2.18. The Morgan fingerprint density at radius 2 is 2.55 bits per heavy atom. The van der Waals surface area contributed by atoms with Gasteiger partial charge in [-0.15, -0.1) is 0 Å². The van der Waals surface area contributed by atoms with Gasteiger partial charge >= 0.3 is 0 Å². The Balaban J connectivity index is 2.35. The van der Waals surface area contributed by atoms with E-state index in [9.17, 15) is 0 Å². The predicted octanol–water partition coefficient (Wildman–Crippen LogP) is 0.665. The highest BCUT2D eigenvalue weighted by molar-refractivity contribution is 5.40. The summed E-state index contributed by atoms with van der Waals surface area (Å²) in [5.41, 5.74) is 0. The van der Waals surface area contributed by atoms with E-state index in [0.717, 1.165) is 5.82 Å². The van der Waals surface area contributed by atoms with E-state index in [1.165, 1.54) is 0 Å². The van der Waals surface area contributed by atoms with Crippen molar-refractivity contribution in [1.82, 2.24) is 19.7 Å². The molecule has 0 aromatic carbocycles. The van der Waals surface area contributed by atoms with Gasteiger partial charge < -0.3 is 4.90 Å². The number of hydrogen-bond acceptors (Lipinski definition) is 3. The van der Waals surface area contributed by atoms with Crippen LogP contribution in [0.1, 0.15) is 5.82 Å². The van der Waals surface area contributed by atoms with E-state index < -0.39 is 0 Å². The second kappa shape index (κ2) is 2.23. The second-order valence-corrected chi connectivity index (χ2v) is 2.27. The van der Waals surface area contributed by atoms with E-state index in [2.05, 4.69) is 16.7 Å².